The molecule has 112 valence electrons. The van der Waals surface area contributed by atoms with Gasteiger partial charge in [-0.3, -0.25) is 4.90 Å². The van der Waals surface area contributed by atoms with Crippen molar-refractivity contribution >= 4 is 0 Å². The summed E-state index contributed by atoms with van der Waals surface area (Å²) in [4.78, 5) is 2.71. The number of hydrogen-bond acceptors (Lipinski definition) is 4. The predicted molar refractivity (Wildman–Crippen MR) is 77.5 cm³/mol. The number of ether oxygens (including phenoxy) is 2. The van der Waals surface area contributed by atoms with Gasteiger partial charge in [-0.05, 0) is 19.3 Å². The fourth-order valence-electron chi connectivity index (χ4n) is 3.52. The number of piperazine rings is 1. The van der Waals surface area contributed by atoms with E-state index in [1.807, 2.05) is 0 Å². The van der Waals surface area contributed by atoms with Crippen molar-refractivity contribution in [1.29, 1.82) is 0 Å². The Morgan fingerprint density at radius 2 is 2.00 bits per heavy atom. The molecule has 1 N–H and O–H groups in total. The average molecular weight is 270 g/mol. The Morgan fingerprint density at radius 1 is 1.21 bits per heavy atom. The summed E-state index contributed by atoms with van der Waals surface area (Å²) in [7, 11) is 1.72. The molecule has 1 atom stereocenters. The van der Waals surface area contributed by atoms with Crippen LogP contribution in [0.25, 0.3) is 0 Å². The molecule has 2 rings (SSSR count). The van der Waals surface area contributed by atoms with Crippen molar-refractivity contribution < 1.29 is 9.47 Å². The fourth-order valence-corrected chi connectivity index (χ4v) is 3.52. The average Bonchev–Trinajstić information content (AvgIpc) is 2.90. The van der Waals surface area contributed by atoms with Gasteiger partial charge in [0.25, 0.3) is 0 Å². The quantitative estimate of drug-likeness (QED) is 0.713. The molecule has 0 aromatic rings. The van der Waals surface area contributed by atoms with Gasteiger partial charge in [0.1, 0.15) is 0 Å². The van der Waals surface area contributed by atoms with Crippen LogP contribution in [0.15, 0.2) is 0 Å². The van der Waals surface area contributed by atoms with E-state index in [0.29, 0.717) is 24.8 Å². The number of nitrogens with one attached hydrogen (secondary N) is 1. The zero-order valence-electron chi connectivity index (χ0n) is 12.6. The molecule has 0 aromatic carbocycles. The second kappa shape index (κ2) is 7.58. The van der Waals surface area contributed by atoms with Crippen LogP contribution in [0.2, 0.25) is 0 Å². The second-order valence-electron chi connectivity index (χ2n) is 5.97. The molecule has 0 radical (unpaired) electrons. The van der Waals surface area contributed by atoms with E-state index in [9.17, 15) is 0 Å². The van der Waals surface area contributed by atoms with Crippen LogP contribution < -0.4 is 5.32 Å². The van der Waals surface area contributed by atoms with Gasteiger partial charge in [0.05, 0.1) is 19.8 Å². The van der Waals surface area contributed by atoms with Gasteiger partial charge < -0.3 is 14.8 Å². The van der Waals surface area contributed by atoms with Gasteiger partial charge >= 0.3 is 0 Å². The molecule has 1 saturated carbocycles. The summed E-state index contributed by atoms with van der Waals surface area (Å²) >= 11 is 0. The van der Waals surface area contributed by atoms with Crippen LogP contribution in [0.3, 0.4) is 0 Å². The van der Waals surface area contributed by atoms with Crippen LogP contribution in [-0.2, 0) is 9.47 Å². The largest absolute Gasteiger partial charge is 0.382 e. The van der Waals surface area contributed by atoms with Crippen molar-refractivity contribution in [1.82, 2.24) is 10.2 Å². The van der Waals surface area contributed by atoms with Crippen molar-refractivity contribution in [3.63, 3.8) is 0 Å². The van der Waals surface area contributed by atoms with Crippen LogP contribution in [0.1, 0.15) is 39.0 Å². The van der Waals surface area contributed by atoms with Crippen LogP contribution in [0.5, 0.6) is 0 Å². The van der Waals surface area contributed by atoms with E-state index in [0.717, 1.165) is 13.2 Å². The zero-order valence-corrected chi connectivity index (χ0v) is 12.6. The lowest BCUT2D eigenvalue weighted by Gasteiger charge is -2.48. The number of methoxy groups -OCH3 is 1. The summed E-state index contributed by atoms with van der Waals surface area (Å²) in [6.45, 7) is 7.95. The topological polar surface area (TPSA) is 33.7 Å². The van der Waals surface area contributed by atoms with Gasteiger partial charge in [-0.1, -0.05) is 19.8 Å². The molecule has 2 aliphatic rings. The summed E-state index contributed by atoms with van der Waals surface area (Å²) < 4.78 is 10.7. The summed E-state index contributed by atoms with van der Waals surface area (Å²) in [5, 5.41) is 3.74. The smallest absolute Gasteiger partial charge is 0.0700 e. The third-order valence-corrected chi connectivity index (χ3v) is 4.80. The van der Waals surface area contributed by atoms with Gasteiger partial charge in [-0.2, -0.15) is 0 Å². The Balaban J connectivity index is 1.81. The molecule has 0 aromatic heterocycles. The van der Waals surface area contributed by atoms with Crippen LogP contribution in [0, 0.1) is 0 Å². The first-order valence-electron chi connectivity index (χ1n) is 7.86. The third-order valence-electron chi connectivity index (χ3n) is 4.80. The highest BCUT2D eigenvalue weighted by Crippen LogP contribution is 2.36. The van der Waals surface area contributed by atoms with Gasteiger partial charge in [0, 0.05) is 38.3 Å². The molecule has 1 aliphatic carbocycles. The number of nitrogens with zero attached hydrogens (tertiary/aromatic N) is 1. The summed E-state index contributed by atoms with van der Waals surface area (Å²) in [6.07, 6.45) is 6.71. The molecule has 4 nitrogen and oxygen atoms in total. The van der Waals surface area contributed by atoms with Crippen molar-refractivity contribution in [2.75, 3.05) is 46.6 Å². The van der Waals surface area contributed by atoms with E-state index < -0.39 is 0 Å². The maximum absolute atomic E-state index is 5.66. The van der Waals surface area contributed by atoms with Crippen molar-refractivity contribution in [2.45, 2.75) is 50.6 Å². The molecule has 1 heterocycles. The number of rotatable bonds is 7. The molecular formula is C15H30N2O2. The van der Waals surface area contributed by atoms with Gasteiger partial charge in [0.15, 0.2) is 0 Å². The van der Waals surface area contributed by atoms with E-state index in [4.69, 9.17) is 9.47 Å². The molecule has 2 fully saturated rings. The highest BCUT2D eigenvalue weighted by atomic mass is 16.5. The summed E-state index contributed by atoms with van der Waals surface area (Å²) in [5.41, 5.74) is 0.427. The van der Waals surface area contributed by atoms with E-state index in [-0.39, 0.29) is 0 Å². The standard InChI is InChI=1S/C15H30N2O2/c1-3-14-12-17(8-9-19-11-10-18-2)15(13-16-14)6-4-5-7-15/h14,16H,3-13H2,1-2H3. The Hall–Kier alpha value is -0.160. The lowest BCUT2D eigenvalue weighted by molar-refractivity contribution is 0.00305. The van der Waals surface area contributed by atoms with E-state index in [2.05, 4.69) is 17.1 Å². The molecule has 19 heavy (non-hydrogen) atoms. The highest BCUT2D eigenvalue weighted by molar-refractivity contribution is 5.01. The normalized spacial score (nSPS) is 27.2. The Kier molecular flexibility index (Phi) is 6.07. The molecule has 0 bridgehead atoms. The summed E-state index contributed by atoms with van der Waals surface area (Å²) in [5.74, 6) is 0. The maximum Gasteiger partial charge on any atom is 0.0700 e. The van der Waals surface area contributed by atoms with Gasteiger partial charge in [-0.25, -0.2) is 0 Å². The maximum atomic E-state index is 5.66. The first-order chi connectivity index (χ1) is 9.30. The third kappa shape index (κ3) is 3.91. The lowest BCUT2D eigenvalue weighted by Crippen LogP contribution is -2.63. The monoisotopic (exact) mass is 270 g/mol. The van der Waals surface area contributed by atoms with Crippen LogP contribution >= 0.6 is 0 Å². The van der Waals surface area contributed by atoms with Crippen molar-refractivity contribution in [3.8, 4) is 0 Å². The lowest BCUT2D eigenvalue weighted by atomic mass is 9.90. The minimum Gasteiger partial charge on any atom is -0.382 e. The number of hydrogen-bond donors (Lipinski definition) is 1. The molecule has 1 unspecified atom stereocenters. The molecule has 1 saturated heterocycles. The Morgan fingerprint density at radius 3 is 2.68 bits per heavy atom. The van der Waals surface area contributed by atoms with E-state index >= 15 is 0 Å². The zero-order chi connectivity index (χ0) is 13.6. The first kappa shape index (κ1) is 15.2. The molecule has 1 spiro atoms. The van der Waals surface area contributed by atoms with Gasteiger partial charge in [-0.15, -0.1) is 0 Å². The molecular weight excluding hydrogens is 240 g/mol. The second-order valence-corrected chi connectivity index (χ2v) is 5.97. The molecule has 0 amide bonds. The van der Waals surface area contributed by atoms with E-state index in [1.54, 1.807) is 7.11 Å². The van der Waals surface area contributed by atoms with Gasteiger partial charge in [0.2, 0.25) is 0 Å². The highest BCUT2D eigenvalue weighted by Gasteiger charge is 2.42. The van der Waals surface area contributed by atoms with E-state index in [1.165, 1.54) is 45.2 Å². The predicted octanol–water partition coefficient (Wildman–Crippen LogP) is 1.65. The van der Waals surface area contributed by atoms with Crippen molar-refractivity contribution in [2.24, 2.45) is 0 Å². The van der Waals surface area contributed by atoms with Crippen LogP contribution in [0.4, 0.5) is 0 Å². The minimum absolute atomic E-state index is 0.427. The van der Waals surface area contributed by atoms with Crippen molar-refractivity contribution in [3.05, 3.63) is 0 Å². The fraction of sp³-hybridized carbons (Fsp3) is 1.00. The SMILES string of the molecule is CCC1CN(CCOCCOC)C2(CCCC2)CN1. The molecule has 1 aliphatic heterocycles. The summed E-state index contributed by atoms with van der Waals surface area (Å²) in [6, 6.07) is 0.658. The molecule has 4 heteroatoms. The minimum atomic E-state index is 0.427. The first-order valence-corrected chi connectivity index (χ1v) is 7.86. The Bertz CT molecular complexity index is 255. The van der Waals surface area contributed by atoms with Crippen LogP contribution in [-0.4, -0.2) is 63.0 Å². The Labute approximate surface area is 117 Å².